The molecule has 0 fully saturated rings. The van der Waals surface area contributed by atoms with Gasteiger partial charge in [0, 0.05) is 22.4 Å². The van der Waals surface area contributed by atoms with Crippen molar-refractivity contribution in [3.05, 3.63) is 65.2 Å². The Morgan fingerprint density at radius 2 is 1.44 bits per heavy atom. The third-order valence-electron chi connectivity index (χ3n) is 3.61. The SMILES string of the molecule is CC(O)C(NC(=O)c1ccc(C#CC#Cc2ccc(N)cc2)cc1)C(N)=O. The smallest absolute Gasteiger partial charge is 0.252 e. The van der Waals surface area contributed by atoms with Crippen LogP contribution in [0.1, 0.15) is 28.4 Å². The standard InChI is InChI=1S/C21H19N3O3/c1-14(25)19(20(23)26)24-21(27)17-10-6-15(7-11-17)4-2-3-5-16-8-12-18(22)13-9-16/h6-14,19,25H,22H2,1H3,(H2,23,26)(H,24,27). The van der Waals surface area contributed by atoms with Crippen molar-refractivity contribution in [2.24, 2.45) is 5.73 Å². The number of nitrogens with two attached hydrogens (primary N) is 2. The third-order valence-corrected chi connectivity index (χ3v) is 3.61. The Balaban J connectivity index is 2.02. The van der Waals surface area contributed by atoms with E-state index in [1.807, 2.05) is 12.1 Å². The van der Waals surface area contributed by atoms with Crippen LogP contribution in [0.5, 0.6) is 0 Å². The van der Waals surface area contributed by atoms with Crippen LogP contribution < -0.4 is 16.8 Å². The predicted molar refractivity (Wildman–Crippen MR) is 103 cm³/mol. The molecular formula is C21H19N3O3. The molecule has 2 aromatic rings. The number of aliphatic hydroxyl groups excluding tert-OH is 1. The van der Waals surface area contributed by atoms with E-state index < -0.39 is 24.0 Å². The molecule has 6 nitrogen and oxygen atoms in total. The number of carbonyl (C=O) groups excluding carboxylic acids is 2. The summed E-state index contributed by atoms with van der Waals surface area (Å²) in [5.74, 6) is 9.95. The van der Waals surface area contributed by atoms with Gasteiger partial charge in [-0.2, -0.15) is 0 Å². The molecule has 0 heterocycles. The Labute approximate surface area is 157 Å². The molecular weight excluding hydrogens is 342 g/mol. The van der Waals surface area contributed by atoms with E-state index in [1.165, 1.54) is 6.92 Å². The lowest BCUT2D eigenvalue weighted by atomic mass is 10.1. The van der Waals surface area contributed by atoms with Crippen LogP contribution >= 0.6 is 0 Å². The van der Waals surface area contributed by atoms with Gasteiger partial charge in [0.1, 0.15) is 6.04 Å². The highest BCUT2D eigenvalue weighted by Crippen LogP contribution is 2.05. The topological polar surface area (TPSA) is 118 Å². The minimum Gasteiger partial charge on any atom is -0.399 e. The summed E-state index contributed by atoms with van der Waals surface area (Å²) in [5.41, 5.74) is 13.2. The van der Waals surface area contributed by atoms with Gasteiger partial charge in [0.15, 0.2) is 0 Å². The van der Waals surface area contributed by atoms with Crippen molar-refractivity contribution in [2.45, 2.75) is 19.1 Å². The molecule has 0 aliphatic rings. The summed E-state index contributed by atoms with van der Waals surface area (Å²) >= 11 is 0. The monoisotopic (exact) mass is 361 g/mol. The minimum absolute atomic E-state index is 0.320. The van der Waals surface area contributed by atoms with Crippen LogP contribution in [0.2, 0.25) is 0 Å². The molecule has 0 bridgehead atoms. The largest absolute Gasteiger partial charge is 0.399 e. The zero-order chi connectivity index (χ0) is 19.8. The molecule has 0 spiro atoms. The number of nitrogen functional groups attached to an aromatic ring is 1. The van der Waals surface area contributed by atoms with Gasteiger partial charge in [0.25, 0.3) is 5.91 Å². The maximum Gasteiger partial charge on any atom is 0.252 e. The molecule has 2 rings (SSSR count). The molecule has 27 heavy (non-hydrogen) atoms. The molecule has 6 N–H and O–H groups in total. The first-order chi connectivity index (χ1) is 12.9. The molecule has 2 unspecified atom stereocenters. The first kappa shape index (κ1) is 19.6. The van der Waals surface area contributed by atoms with Crippen LogP contribution in [-0.4, -0.2) is 29.1 Å². The highest BCUT2D eigenvalue weighted by atomic mass is 16.3. The molecule has 0 saturated carbocycles. The van der Waals surface area contributed by atoms with Gasteiger partial charge in [-0.25, -0.2) is 0 Å². The van der Waals surface area contributed by atoms with E-state index in [-0.39, 0.29) is 0 Å². The second kappa shape index (κ2) is 9.10. The van der Waals surface area contributed by atoms with E-state index in [9.17, 15) is 14.7 Å². The number of rotatable bonds is 4. The Bertz CT molecular complexity index is 941. The number of anilines is 1. The normalized spacial score (nSPS) is 11.8. The van der Waals surface area contributed by atoms with E-state index in [2.05, 4.69) is 29.0 Å². The van der Waals surface area contributed by atoms with E-state index in [1.54, 1.807) is 36.4 Å². The van der Waals surface area contributed by atoms with Crippen LogP contribution in [0, 0.1) is 23.7 Å². The molecule has 0 aliphatic carbocycles. The average molecular weight is 361 g/mol. The summed E-state index contributed by atoms with van der Waals surface area (Å²) in [6.45, 7) is 1.37. The van der Waals surface area contributed by atoms with Gasteiger partial charge in [0.05, 0.1) is 6.10 Å². The van der Waals surface area contributed by atoms with Gasteiger partial charge in [-0.15, -0.1) is 0 Å². The summed E-state index contributed by atoms with van der Waals surface area (Å²) in [7, 11) is 0. The molecule has 0 radical (unpaired) electrons. The molecule has 0 saturated heterocycles. The van der Waals surface area contributed by atoms with Gasteiger partial charge in [-0.1, -0.05) is 11.8 Å². The fourth-order valence-electron chi connectivity index (χ4n) is 2.13. The van der Waals surface area contributed by atoms with Crippen molar-refractivity contribution in [2.75, 3.05) is 5.73 Å². The Kier molecular flexibility index (Phi) is 6.60. The molecule has 136 valence electrons. The molecule has 0 aromatic heterocycles. The number of hydrogen-bond donors (Lipinski definition) is 4. The van der Waals surface area contributed by atoms with Crippen LogP contribution in [-0.2, 0) is 4.79 Å². The first-order valence-electron chi connectivity index (χ1n) is 8.12. The Hall–Kier alpha value is -3.74. The van der Waals surface area contributed by atoms with Gasteiger partial charge in [0.2, 0.25) is 5.91 Å². The van der Waals surface area contributed by atoms with E-state index >= 15 is 0 Å². The first-order valence-corrected chi connectivity index (χ1v) is 8.12. The van der Waals surface area contributed by atoms with E-state index in [4.69, 9.17) is 11.5 Å². The average Bonchev–Trinajstić information content (AvgIpc) is 2.64. The molecule has 2 amide bonds. The molecule has 2 aromatic carbocycles. The fourth-order valence-corrected chi connectivity index (χ4v) is 2.13. The lowest BCUT2D eigenvalue weighted by molar-refractivity contribution is -0.122. The number of benzene rings is 2. The quantitative estimate of drug-likeness (QED) is 0.472. The maximum absolute atomic E-state index is 12.1. The number of carbonyl (C=O) groups is 2. The molecule has 0 aliphatic heterocycles. The number of hydrogen-bond acceptors (Lipinski definition) is 4. The minimum atomic E-state index is -1.15. The lowest BCUT2D eigenvalue weighted by Gasteiger charge is -2.17. The second-order valence-corrected chi connectivity index (χ2v) is 5.79. The third kappa shape index (κ3) is 5.93. The zero-order valence-corrected chi connectivity index (χ0v) is 14.7. The van der Waals surface area contributed by atoms with Crippen molar-refractivity contribution in [3.8, 4) is 23.7 Å². The summed E-state index contributed by atoms with van der Waals surface area (Å²) in [6, 6.07) is 12.4. The summed E-state index contributed by atoms with van der Waals surface area (Å²) in [5, 5.41) is 11.9. The fraction of sp³-hybridized carbons (Fsp3) is 0.143. The number of primary amides is 1. The second-order valence-electron chi connectivity index (χ2n) is 5.79. The van der Waals surface area contributed by atoms with Crippen molar-refractivity contribution in [1.82, 2.24) is 5.32 Å². The number of aliphatic hydroxyl groups is 1. The van der Waals surface area contributed by atoms with Crippen molar-refractivity contribution in [3.63, 3.8) is 0 Å². The summed E-state index contributed by atoms with van der Waals surface area (Å²) < 4.78 is 0. The van der Waals surface area contributed by atoms with Crippen molar-refractivity contribution < 1.29 is 14.7 Å². The number of amides is 2. The predicted octanol–water partition coefficient (Wildman–Crippen LogP) is 0.637. The van der Waals surface area contributed by atoms with Crippen molar-refractivity contribution >= 4 is 17.5 Å². The Morgan fingerprint density at radius 1 is 0.963 bits per heavy atom. The summed E-state index contributed by atoms with van der Waals surface area (Å²) in [4.78, 5) is 23.4. The molecule has 6 heteroatoms. The van der Waals surface area contributed by atoms with Crippen LogP contribution in [0.3, 0.4) is 0 Å². The molecule has 2 atom stereocenters. The number of nitrogens with one attached hydrogen (secondary N) is 1. The highest BCUT2D eigenvalue weighted by molar-refractivity contribution is 5.97. The van der Waals surface area contributed by atoms with E-state index in [0.29, 0.717) is 16.8 Å². The van der Waals surface area contributed by atoms with Gasteiger partial charge in [-0.05, 0) is 67.3 Å². The van der Waals surface area contributed by atoms with Crippen LogP contribution in [0.4, 0.5) is 5.69 Å². The highest BCUT2D eigenvalue weighted by Gasteiger charge is 2.23. The van der Waals surface area contributed by atoms with Crippen molar-refractivity contribution in [1.29, 1.82) is 0 Å². The van der Waals surface area contributed by atoms with Crippen LogP contribution in [0.25, 0.3) is 0 Å². The summed E-state index contributed by atoms with van der Waals surface area (Å²) in [6.07, 6.45) is -1.09. The lowest BCUT2D eigenvalue weighted by Crippen LogP contribution is -2.50. The van der Waals surface area contributed by atoms with Gasteiger partial charge >= 0.3 is 0 Å². The Morgan fingerprint density at radius 3 is 1.89 bits per heavy atom. The van der Waals surface area contributed by atoms with E-state index in [0.717, 1.165) is 5.56 Å². The van der Waals surface area contributed by atoms with Gasteiger partial charge in [-0.3, -0.25) is 9.59 Å². The van der Waals surface area contributed by atoms with Gasteiger partial charge < -0.3 is 21.9 Å². The zero-order valence-electron chi connectivity index (χ0n) is 14.7. The maximum atomic E-state index is 12.1. The van der Waals surface area contributed by atoms with Crippen LogP contribution in [0.15, 0.2) is 48.5 Å².